The zero-order chi connectivity index (χ0) is 12.2. The van der Waals surface area contributed by atoms with Crippen molar-refractivity contribution in [3.05, 3.63) is 85.8 Å². The Morgan fingerprint density at radius 1 is 0.938 bits per heavy atom. The zero-order valence-electron chi connectivity index (χ0n) is 9.82. The van der Waals surface area contributed by atoms with Crippen molar-refractivity contribution in [1.82, 2.24) is 5.32 Å². The van der Waals surface area contributed by atoms with E-state index in [1.54, 1.807) is 18.2 Å². The lowest BCUT2D eigenvalue weighted by Crippen LogP contribution is -2.09. The highest BCUT2D eigenvalue weighted by atomic mass is 14.9. The Hall–Kier alpha value is -2.02. The van der Waals surface area contributed by atoms with Crippen molar-refractivity contribution in [2.45, 2.75) is 6.92 Å². The summed E-state index contributed by atoms with van der Waals surface area (Å²) in [5.41, 5.74) is 1.87. The lowest BCUT2D eigenvalue weighted by molar-refractivity contribution is 1.05. The second-order valence-electron chi connectivity index (χ2n) is 2.93. The standard InChI is InChI=1S/C15H19N/c1-5-9-12-14(8-4)16-15(11-7-3)13-10-6-2/h5-13,16H,2-4H2,1H3/b9-5-,13-10-,14-12+,15-11+. The van der Waals surface area contributed by atoms with Crippen molar-refractivity contribution in [2.75, 3.05) is 0 Å². The monoisotopic (exact) mass is 213 g/mol. The maximum Gasteiger partial charge on any atom is 0.0383 e. The van der Waals surface area contributed by atoms with Gasteiger partial charge in [0.2, 0.25) is 0 Å². The molecule has 0 amide bonds. The highest BCUT2D eigenvalue weighted by molar-refractivity contribution is 5.31. The Morgan fingerprint density at radius 3 is 2.19 bits per heavy atom. The molecular formula is C15H19N. The number of hydrogen-bond donors (Lipinski definition) is 1. The van der Waals surface area contributed by atoms with Gasteiger partial charge in [-0.15, -0.1) is 0 Å². The van der Waals surface area contributed by atoms with Crippen LogP contribution in [-0.2, 0) is 0 Å². The SMILES string of the molecule is C=C/C=C\C(=C/C=C)N/C(C=C)=C/C=C\C. The largest absolute Gasteiger partial charge is 0.356 e. The van der Waals surface area contributed by atoms with Crippen molar-refractivity contribution in [1.29, 1.82) is 0 Å². The first-order chi connectivity index (χ1) is 7.78. The second-order valence-corrected chi connectivity index (χ2v) is 2.93. The maximum absolute atomic E-state index is 3.75. The molecule has 0 unspecified atom stereocenters. The van der Waals surface area contributed by atoms with Gasteiger partial charge in [-0.3, -0.25) is 0 Å². The van der Waals surface area contributed by atoms with Crippen LogP contribution in [0.5, 0.6) is 0 Å². The third-order valence-electron chi connectivity index (χ3n) is 1.69. The molecular weight excluding hydrogens is 194 g/mol. The fraction of sp³-hybridized carbons (Fsp3) is 0.0667. The van der Waals surface area contributed by atoms with Crippen LogP contribution < -0.4 is 5.32 Å². The molecule has 0 saturated carbocycles. The normalized spacial score (nSPS) is 13.1. The zero-order valence-corrected chi connectivity index (χ0v) is 9.82. The Balaban J connectivity index is 4.78. The van der Waals surface area contributed by atoms with Gasteiger partial charge in [-0.1, -0.05) is 50.1 Å². The lowest BCUT2D eigenvalue weighted by Gasteiger charge is -2.06. The average Bonchev–Trinajstić information content (AvgIpc) is 2.31. The minimum absolute atomic E-state index is 0.930. The van der Waals surface area contributed by atoms with Gasteiger partial charge in [0.15, 0.2) is 0 Å². The minimum Gasteiger partial charge on any atom is -0.356 e. The van der Waals surface area contributed by atoms with Crippen molar-refractivity contribution in [3.8, 4) is 0 Å². The molecule has 0 bridgehead atoms. The summed E-state index contributed by atoms with van der Waals surface area (Å²) in [6, 6.07) is 0. The molecule has 16 heavy (non-hydrogen) atoms. The summed E-state index contributed by atoms with van der Waals surface area (Å²) >= 11 is 0. The smallest absolute Gasteiger partial charge is 0.0383 e. The van der Waals surface area contributed by atoms with E-state index in [1.807, 2.05) is 43.4 Å². The molecule has 1 heteroatoms. The summed E-state index contributed by atoms with van der Waals surface area (Å²) in [5, 5.41) is 3.22. The topological polar surface area (TPSA) is 12.0 Å². The van der Waals surface area contributed by atoms with Gasteiger partial charge in [0.1, 0.15) is 0 Å². The van der Waals surface area contributed by atoms with Crippen LogP contribution in [0, 0.1) is 0 Å². The minimum atomic E-state index is 0.930. The summed E-state index contributed by atoms with van der Waals surface area (Å²) in [6.07, 6.45) is 16.7. The van der Waals surface area contributed by atoms with E-state index in [2.05, 4.69) is 25.1 Å². The van der Waals surface area contributed by atoms with Gasteiger partial charge >= 0.3 is 0 Å². The molecule has 0 rings (SSSR count). The molecule has 0 aliphatic heterocycles. The van der Waals surface area contributed by atoms with Crippen LogP contribution in [0.4, 0.5) is 0 Å². The van der Waals surface area contributed by atoms with Gasteiger partial charge in [0, 0.05) is 11.4 Å². The van der Waals surface area contributed by atoms with E-state index in [4.69, 9.17) is 0 Å². The van der Waals surface area contributed by atoms with Crippen molar-refractivity contribution >= 4 is 0 Å². The molecule has 0 aliphatic carbocycles. The summed E-state index contributed by atoms with van der Waals surface area (Å²) in [5.74, 6) is 0. The molecule has 0 aromatic heterocycles. The molecule has 1 N–H and O–H groups in total. The van der Waals surface area contributed by atoms with Gasteiger partial charge in [0.05, 0.1) is 0 Å². The fourth-order valence-corrected chi connectivity index (χ4v) is 0.965. The quantitative estimate of drug-likeness (QED) is 0.629. The predicted octanol–water partition coefficient (Wildman–Crippen LogP) is 4.03. The fourth-order valence-electron chi connectivity index (χ4n) is 0.965. The third kappa shape index (κ3) is 6.44. The van der Waals surface area contributed by atoms with E-state index >= 15 is 0 Å². The van der Waals surface area contributed by atoms with Gasteiger partial charge < -0.3 is 5.32 Å². The highest BCUT2D eigenvalue weighted by Gasteiger charge is 1.91. The van der Waals surface area contributed by atoms with E-state index in [0.29, 0.717) is 0 Å². The van der Waals surface area contributed by atoms with Gasteiger partial charge in [-0.25, -0.2) is 0 Å². The predicted molar refractivity (Wildman–Crippen MR) is 73.8 cm³/mol. The molecule has 0 radical (unpaired) electrons. The van der Waals surface area contributed by atoms with E-state index in [0.717, 1.165) is 11.4 Å². The van der Waals surface area contributed by atoms with Crippen LogP contribution in [0.15, 0.2) is 85.8 Å². The molecule has 0 aromatic rings. The van der Waals surface area contributed by atoms with E-state index in [-0.39, 0.29) is 0 Å². The molecule has 0 fully saturated rings. The van der Waals surface area contributed by atoms with Gasteiger partial charge in [-0.2, -0.15) is 0 Å². The van der Waals surface area contributed by atoms with Gasteiger partial charge in [-0.05, 0) is 31.2 Å². The molecule has 0 atom stereocenters. The Bertz CT molecular complexity index is 352. The molecule has 1 nitrogen and oxygen atoms in total. The van der Waals surface area contributed by atoms with Crippen LogP contribution in [-0.4, -0.2) is 0 Å². The summed E-state index contributed by atoms with van der Waals surface area (Å²) < 4.78 is 0. The van der Waals surface area contributed by atoms with Gasteiger partial charge in [0.25, 0.3) is 0 Å². The molecule has 0 aliphatic rings. The van der Waals surface area contributed by atoms with Crippen LogP contribution in [0.1, 0.15) is 6.92 Å². The summed E-state index contributed by atoms with van der Waals surface area (Å²) in [7, 11) is 0. The van der Waals surface area contributed by atoms with Crippen molar-refractivity contribution < 1.29 is 0 Å². The molecule has 0 aromatic carbocycles. The number of rotatable bonds is 7. The Labute approximate surface area is 98.6 Å². The van der Waals surface area contributed by atoms with E-state index < -0.39 is 0 Å². The Kier molecular flexibility index (Phi) is 8.33. The van der Waals surface area contributed by atoms with Crippen LogP contribution >= 0.6 is 0 Å². The number of nitrogens with one attached hydrogen (secondary N) is 1. The summed E-state index contributed by atoms with van der Waals surface area (Å²) in [6.45, 7) is 13.0. The highest BCUT2D eigenvalue weighted by Crippen LogP contribution is 2.00. The average molecular weight is 213 g/mol. The van der Waals surface area contributed by atoms with Crippen LogP contribution in [0.3, 0.4) is 0 Å². The second kappa shape index (κ2) is 9.53. The first kappa shape index (κ1) is 14.0. The molecule has 0 spiro atoms. The lowest BCUT2D eigenvalue weighted by atomic mass is 10.3. The van der Waals surface area contributed by atoms with Crippen LogP contribution in [0.2, 0.25) is 0 Å². The molecule has 0 saturated heterocycles. The maximum atomic E-state index is 3.75. The third-order valence-corrected chi connectivity index (χ3v) is 1.69. The van der Waals surface area contributed by atoms with Crippen molar-refractivity contribution in [3.63, 3.8) is 0 Å². The first-order valence-corrected chi connectivity index (χ1v) is 5.12. The molecule has 0 heterocycles. The van der Waals surface area contributed by atoms with Crippen LogP contribution in [0.25, 0.3) is 0 Å². The number of allylic oxidation sites excluding steroid dienone is 9. The first-order valence-electron chi connectivity index (χ1n) is 5.12. The summed E-state index contributed by atoms with van der Waals surface area (Å²) in [4.78, 5) is 0. The van der Waals surface area contributed by atoms with E-state index in [1.165, 1.54) is 0 Å². The number of hydrogen-bond acceptors (Lipinski definition) is 1. The van der Waals surface area contributed by atoms with E-state index in [9.17, 15) is 0 Å². The Morgan fingerprint density at radius 2 is 1.69 bits per heavy atom. The van der Waals surface area contributed by atoms with Crippen molar-refractivity contribution in [2.24, 2.45) is 0 Å². The molecule has 84 valence electrons.